The summed E-state index contributed by atoms with van der Waals surface area (Å²) in [7, 11) is 1.60. The number of methoxy groups -OCH3 is 1. The third-order valence-electron chi connectivity index (χ3n) is 4.12. The average Bonchev–Trinajstić information content (AvgIpc) is 3.12. The molecule has 0 saturated carbocycles. The molecular weight excluding hydrogens is 342 g/mol. The Morgan fingerprint density at radius 2 is 1.70 bits per heavy atom. The number of benzene rings is 3. The highest BCUT2D eigenvalue weighted by Gasteiger charge is 2.11. The second kappa shape index (κ2) is 7.33. The summed E-state index contributed by atoms with van der Waals surface area (Å²) in [6.45, 7) is 0. The molecule has 134 valence electrons. The van der Waals surface area contributed by atoms with Crippen molar-refractivity contribution in [2.45, 2.75) is 6.42 Å². The van der Waals surface area contributed by atoms with Gasteiger partial charge in [0.2, 0.25) is 5.89 Å². The van der Waals surface area contributed by atoms with Crippen LogP contribution in [0.1, 0.15) is 5.56 Å². The van der Waals surface area contributed by atoms with E-state index in [0.29, 0.717) is 22.7 Å². The Labute approximate surface area is 156 Å². The first-order valence-electron chi connectivity index (χ1n) is 8.51. The smallest absolute Gasteiger partial charge is 0.315 e. The lowest BCUT2D eigenvalue weighted by Crippen LogP contribution is -2.11. The van der Waals surface area contributed by atoms with Crippen molar-refractivity contribution in [1.29, 1.82) is 0 Å². The Morgan fingerprint density at radius 3 is 2.44 bits per heavy atom. The van der Waals surface area contributed by atoms with E-state index < -0.39 is 0 Å². The second-order valence-electron chi connectivity index (χ2n) is 6.01. The zero-order valence-corrected chi connectivity index (χ0v) is 14.7. The van der Waals surface area contributed by atoms with Crippen LogP contribution in [-0.2, 0) is 11.2 Å². The van der Waals surface area contributed by atoms with E-state index in [1.807, 2.05) is 54.6 Å². The first kappa shape index (κ1) is 16.8. The van der Waals surface area contributed by atoms with E-state index in [0.717, 1.165) is 16.9 Å². The van der Waals surface area contributed by atoms with Gasteiger partial charge in [-0.3, -0.25) is 4.79 Å². The van der Waals surface area contributed by atoms with Gasteiger partial charge in [-0.15, -0.1) is 0 Å². The molecule has 0 atom stereocenters. The van der Waals surface area contributed by atoms with Gasteiger partial charge in [0, 0.05) is 11.6 Å². The number of aromatic nitrogens is 1. The molecule has 1 aromatic heterocycles. The molecule has 0 spiro atoms. The molecule has 0 amide bonds. The van der Waals surface area contributed by atoms with E-state index in [2.05, 4.69) is 4.98 Å². The summed E-state index contributed by atoms with van der Waals surface area (Å²) in [6, 6.07) is 22.1. The lowest BCUT2D eigenvalue weighted by molar-refractivity contribution is -0.133. The molecule has 4 aromatic rings. The molecule has 0 unspecified atom stereocenters. The van der Waals surface area contributed by atoms with Crippen molar-refractivity contribution in [1.82, 2.24) is 4.98 Å². The molecule has 0 N–H and O–H groups in total. The van der Waals surface area contributed by atoms with Gasteiger partial charge in [0.1, 0.15) is 17.0 Å². The van der Waals surface area contributed by atoms with Crippen molar-refractivity contribution in [3.63, 3.8) is 0 Å². The molecular formula is C22H17NO4. The van der Waals surface area contributed by atoms with E-state index in [-0.39, 0.29) is 12.4 Å². The molecule has 5 nitrogen and oxygen atoms in total. The summed E-state index contributed by atoms with van der Waals surface area (Å²) in [5, 5.41) is 0. The van der Waals surface area contributed by atoms with Crippen molar-refractivity contribution in [2.75, 3.05) is 7.11 Å². The fourth-order valence-corrected chi connectivity index (χ4v) is 2.75. The van der Waals surface area contributed by atoms with Crippen molar-refractivity contribution < 1.29 is 18.7 Å². The van der Waals surface area contributed by atoms with Crippen LogP contribution in [0.25, 0.3) is 22.6 Å². The molecule has 5 heteroatoms. The zero-order chi connectivity index (χ0) is 18.6. The maximum Gasteiger partial charge on any atom is 0.315 e. The molecule has 0 saturated heterocycles. The fraction of sp³-hybridized carbons (Fsp3) is 0.0909. The summed E-state index contributed by atoms with van der Waals surface area (Å²) in [5.41, 5.74) is 3.03. The van der Waals surface area contributed by atoms with Crippen LogP contribution >= 0.6 is 0 Å². The molecule has 0 fully saturated rings. The van der Waals surface area contributed by atoms with Gasteiger partial charge in [-0.05, 0) is 42.0 Å². The highest BCUT2D eigenvalue weighted by Crippen LogP contribution is 2.27. The van der Waals surface area contributed by atoms with Crippen LogP contribution in [0.2, 0.25) is 0 Å². The maximum absolute atomic E-state index is 12.2. The van der Waals surface area contributed by atoms with Crippen LogP contribution in [0.4, 0.5) is 0 Å². The number of carbonyl (C=O) groups excluding carboxylic acids is 1. The van der Waals surface area contributed by atoms with Crippen molar-refractivity contribution in [2.24, 2.45) is 0 Å². The van der Waals surface area contributed by atoms with Crippen molar-refractivity contribution in [3.05, 3.63) is 78.4 Å². The number of oxazole rings is 1. The summed E-state index contributed by atoms with van der Waals surface area (Å²) in [5.74, 6) is 1.36. The first-order chi connectivity index (χ1) is 13.2. The minimum absolute atomic E-state index is 0.174. The van der Waals surface area contributed by atoms with Gasteiger partial charge >= 0.3 is 5.97 Å². The Kier molecular flexibility index (Phi) is 4.58. The molecule has 27 heavy (non-hydrogen) atoms. The minimum atomic E-state index is -0.345. The molecule has 0 radical (unpaired) electrons. The third-order valence-corrected chi connectivity index (χ3v) is 4.12. The molecule has 3 aromatic carbocycles. The molecule has 0 aliphatic heterocycles. The molecule has 1 heterocycles. The van der Waals surface area contributed by atoms with E-state index >= 15 is 0 Å². The fourth-order valence-electron chi connectivity index (χ4n) is 2.75. The predicted molar refractivity (Wildman–Crippen MR) is 102 cm³/mol. The lowest BCUT2D eigenvalue weighted by Gasteiger charge is -2.05. The number of hydrogen-bond acceptors (Lipinski definition) is 5. The van der Waals surface area contributed by atoms with Crippen LogP contribution in [0.15, 0.2) is 77.2 Å². The van der Waals surface area contributed by atoms with Crippen LogP contribution in [0, 0.1) is 0 Å². The van der Waals surface area contributed by atoms with Crippen molar-refractivity contribution >= 4 is 17.1 Å². The number of ether oxygens (including phenoxy) is 2. The van der Waals surface area contributed by atoms with E-state index in [1.165, 1.54) is 0 Å². The van der Waals surface area contributed by atoms with Gasteiger partial charge in [-0.25, -0.2) is 4.98 Å². The number of rotatable bonds is 5. The summed E-state index contributed by atoms with van der Waals surface area (Å²) >= 11 is 0. The maximum atomic E-state index is 12.2. The molecule has 0 aliphatic rings. The summed E-state index contributed by atoms with van der Waals surface area (Å²) in [4.78, 5) is 16.7. The zero-order valence-electron chi connectivity index (χ0n) is 14.7. The molecule has 0 aliphatic carbocycles. The quantitative estimate of drug-likeness (QED) is 0.383. The van der Waals surface area contributed by atoms with Crippen LogP contribution in [0.5, 0.6) is 11.5 Å². The Balaban J connectivity index is 1.49. The van der Waals surface area contributed by atoms with Crippen molar-refractivity contribution in [3.8, 4) is 23.0 Å². The molecule has 0 bridgehead atoms. The number of esters is 1. The van der Waals surface area contributed by atoms with Crippen LogP contribution in [-0.4, -0.2) is 18.1 Å². The third kappa shape index (κ3) is 3.82. The summed E-state index contributed by atoms with van der Waals surface area (Å²) in [6.07, 6.45) is 0.174. The monoisotopic (exact) mass is 359 g/mol. The number of fused-ring (bicyclic) bond motifs is 1. The van der Waals surface area contributed by atoms with E-state index in [4.69, 9.17) is 13.9 Å². The lowest BCUT2D eigenvalue weighted by atomic mass is 10.1. The van der Waals surface area contributed by atoms with Crippen LogP contribution in [0.3, 0.4) is 0 Å². The number of nitrogens with zero attached hydrogens (tertiary/aromatic N) is 1. The topological polar surface area (TPSA) is 61.6 Å². The van der Waals surface area contributed by atoms with Gasteiger partial charge in [-0.2, -0.15) is 0 Å². The number of hydrogen-bond donors (Lipinski definition) is 0. The normalized spacial score (nSPS) is 10.7. The number of carbonyl (C=O) groups is 1. The highest BCUT2D eigenvalue weighted by molar-refractivity contribution is 5.80. The van der Waals surface area contributed by atoms with Crippen LogP contribution < -0.4 is 9.47 Å². The average molecular weight is 359 g/mol. The van der Waals surface area contributed by atoms with Gasteiger partial charge in [0.05, 0.1) is 13.5 Å². The van der Waals surface area contributed by atoms with Gasteiger partial charge in [0.15, 0.2) is 5.58 Å². The summed E-state index contributed by atoms with van der Waals surface area (Å²) < 4.78 is 16.4. The first-order valence-corrected chi connectivity index (χ1v) is 8.51. The van der Waals surface area contributed by atoms with E-state index in [9.17, 15) is 4.79 Å². The van der Waals surface area contributed by atoms with Gasteiger partial charge in [-0.1, -0.05) is 30.3 Å². The Morgan fingerprint density at radius 1 is 0.963 bits per heavy atom. The highest BCUT2D eigenvalue weighted by atomic mass is 16.5. The van der Waals surface area contributed by atoms with E-state index in [1.54, 1.807) is 25.3 Å². The standard InChI is InChI=1S/C22H17NO4/c1-25-17-9-7-15(8-10-17)13-21(24)26-18-11-12-19-20(14-18)27-22(23-19)16-5-3-2-4-6-16/h2-12,14H,13H2,1H3. The second-order valence-corrected chi connectivity index (χ2v) is 6.01. The van der Waals surface area contributed by atoms with Gasteiger partial charge in [0.25, 0.3) is 0 Å². The molecule has 4 rings (SSSR count). The largest absolute Gasteiger partial charge is 0.497 e. The Bertz CT molecular complexity index is 1070. The minimum Gasteiger partial charge on any atom is -0.497 e. The predicted octanol–water partition coefficient (Wildman–Crippen LogP) is 4.65. The van der Waals surface area contributed by atoms with Gasteiger partial charge < -0.3 is 13.9 Å². The SMILES string of the molecule is COc1ccc(CC(=O)Oc2ccc3nc(-c4ccccc4)oc3c2)cc1. The Hall–Kier alpha value is -3.60.